The fraction of sp³-hybridized carbons (Fsp3) is 0.692. The summed E-state index contributed by atoms with van der Waals surface area (Å²) in [7, 11) is 3.76. The number of methoxy groups -OCH3 is 1. The van der Waals surface area contributed by atoms with E-state index in [1.807, 2.05) is 13.8 Å². The van der Waals surface area contributed by atoms with Gasteiger partial charge in [0.05, 0.1) is 12.7 Å². The van der Waals surface area contributed by atoms with E-state index in [4.69, 9.17) is 9.47 Å². The number of ether oxygens (including phenoxy) is 2. The first-order valence-corrected chi connectivity index (χ1v) is 6.53. The Hall–Kier alpha value is -1.40. The average molecular weight is 268 g/mol. The van der Waals surface area contributed by atoms with Crippen molar-refractivity contribution in [2.75, 3.05) is 45.7 Å². The van der Waals surface area contributed by atoms with E-state index in [0.29, 0.717) is 11.8 Å². The molecule has 0 saturated heterocycles. The third kappa shape index (κ3) is 6.93. The highest BCUT2D eigenvalue weighted by molar-refractivity contribution is 5.27. The van der Waals surface area contributed by atoms with Crippen LogP contribution in [0.2, 0.25) is 0 Å². The van der Waals surface area contributed by atoms with Gasteiger partial charge in [-0.1, -0.05) is 0 Å². The molecule has 19 heavy (non-hydrogen) atoms. The number of hydrogen-bond donors (Lipinski definition) is 1. The number of nitrogens with one attached hydrogen (secondary N) is 1. The van der Waals surface area contributed by atoms with Gasteiger partial charge in [0.2, 0.25) is 11.8 Å². The first-order valence-electron chi connectivity index (χ1n) is 6.53. The van der Waals surface area contributed by atoms with Gasteiger partial charge in [-0.3, -0.25) is 0 Å². The fourth-order valence-corrected chi connectivity index (χ4v) is 1.45. The first kappa shape index (κ1) is 15.7. The topological polar surface area (TPSA) is 59.5 Å². The Morgan fingerprint density at radius 2 is 2.16 bits per heavy atom. The third-order valence-electron chi connectivity index (χ3n) is 2.44. The smallest absolute Gasteiger partial charge is 0.225 e. The molecule has 0 amide bonds. The molecule has 0 aromatic carbocycles. The van der Waals surface area contributed by atoms with E-state index in [9.17, 15) is 0 Å². The number of nitrogens with zero attached hydrogens (tertiary/aromatic N) is 3. The van der Waals surface area contributed by atoms with E-state index in [0.717, 1.165) is 26.2 Å². The van der Waals surface area contributed by atoms with Gasteiger partial charge in [-0.2, -0.15) is 4.98 Å². The van der Waals surface area contributed by atoms with Crippen LogP contribution in [0.5, 0.6) is 5.88 Å². The Kier molecular flexibility index (Phi) is 7.14. The standard InChI is InChI=1S/C13H24N4O2/c1-11(2)19-12-5-6-14-13(16-12)15-7-8-17(3)9-10-18-4/h5-6,11H,7-10H2,1-4H3,(H,14,15,16). The molecule has 0 bridgehead atoms. The van der Waals surface area contributed by atoms with Gasteiger partial charge in [0.25, 0.3) is 0 Å². The summed E-state index contributed by atoms with van der Waals surface area (Å²) in [6, 6.07) is 1.76. The summed E-state index contributed by atoms with van der Waals surface area (Å²) in [6.07, 6.45) is 1.81. The second-order valence-corrected chi connectivity index (χ2v) is 4.61. The van der Waals surface area contributed by atoms with Crippen LogP contribution in [-0.2, 0) is 4.74 Å². The first-order chi connectivity index (χ1) is 9.11. The Bertz CT molecular complexity index is 360. The fourth-order valence-electron chi connectivity index (χ4n) is 1.45. The second-order valence-electron chi connectivity index (χ2n) is 4.61. The van der Waals surface area contributed by atoms with Crippen molar-refractivity contribution in [2.24, 2.45) is 0 Å². The molecule has 0 fully saturated rings. The van der Waals surface area contributed by atoms with Crippen molar-refractivity contribution >= 4 is 5.95 Å². The normalized spacial score (nSPS) is 11.1. The molecule has 1 aromatic rings. The minimum Gasteiger partial charge on any atom is -0.475 e. The lowest BCUT2D eigenvalue weighted by Gasteiger charge is -2.16. The Balaban J connectivity index is 2.32. The van der Waals surface area contributed by atoms with Crippen molar-refractivity contribution < 1.29 is 9.47 Å². The van der Waals surface area contributed by atoms with Crippen LogP contribution in [-0.4, -0.2) is 61.4 Å². The van der Waals surface area contributed by atoms with E-state index >= 15 is 0 Å². The molecular formula is C13H24N4O2. The summed E-state index contributed by atoms with van der Waals surface area (Å²) in [5.74, 6) is 1.19. The molecule has 6 heteroatoms. The zero-order valence-corrected chi connectivity index (χ0v) is 12.2. The Morgan fingerprint density at radius 3 is 2.84 bits per heavy atom. The molecule has 0 aliphatic carbocycles. The molecule has 1 N–H and O–H groups in total. The summed E-state index contributed by atoms with van der Waals surface area (Å²) < 4.78 is 10.5. The van der Waals surface area contributed by atoms with E-state index in [1.165, 1.54) is 0 Å². The number of rotatable bonds is 9. The Labute approximate surface area is 115 Å². The van der Waals surface area contributed by atoms with Crippen LogP contribution >= 0.6 is 0 Å². The summed E-state index contributed by atoms with van der Waals surface area (Å²) in [5, 5.41) is 3.18. The second kappa shape index (κ2) is 8.66. The number of aromatic nitrogens is 2. The van der Waals surface area contributed by atoms with Crippen LogP contribution in [0.15, 0.2) is 12.3 Å². The van der Waals surface area contributed by atoms with Gasteiger partial charge >= 0.3 is 0 Å². The minimum atomic E-state index is 0.114. The number of anilines is 1. The summed E-state index contributed by atoms with van der Waals surface area (Å²) >= 11 is 0. The van der Waals surface area contributed by atoms with Gasteiger partial charge in [0.1, 0.15) is 0 Å². The lowest BCUT2D eigenvalue weighted by atomic mass is 10.5. The average Bonchev–Trinajstić information content (AvgIpc) is 2.36. The summed E-state index contributed by atoms with van der Waals surface area (Å²) in [5.41, 5.74) is 0. The van der Waals surface area contributed by atoms with Crippen LogP contribution < -0.4 is 10.1 Å². The van der Waals surface area contributed by atoms with Gasteiger partial charge in [-0.25, -0.2) is 4.98 Å². The van der Waals surface area contributed by atoms with E-state index in [1.54, 1.807) is 19.4 Å². The predicted octanol–water partition coefficient (Wildman–Crippen LogP) is 1.25. The van der Waals surface area contributed by atoms with E-state index in [-0.39, 0.29) is 6.10 Å². The van der Waals surface area contributed by atoms with Crippen molar-refractivity contribution in [1.29, 1.82) is 0 Å². The zero-order valence-electron chi connectivity index (χ0n) is 12.2. The number of hydrogen-bond acceptors (Lipinski definition) is 6. The quantitative estimate of drug-likeness (QED) is 0.727. The molecule has 1 heterocycles. The van der Waals surface area contributed by atoms with E-state index < -0.39 is 0 Å². The highest BCUT2D eigenvalue weighted by Crippen LogP contribution is 2.09. The van der Waals surface area contributed by atoms with Crippen molar-refractivity contribution in [2.45, 2.75) is 20.0 Å². The number of likely N-dealkylation sites (N-methyl/N-ethyl adjacent to an activating group) is 1. The molecule has 1 aromatic heterocycles. The molecule has 0 aliphatic rings. The molecule has 6 nitrogen and oxygen atoms in total. The zero-order chi connectivity index (χ0) is 14.1. The molecule has 1 rings (SSSR count). The van der Waals surface area contributed by atoms with Crippen LogP contribution in [0.1, 0.15) is 13.8 Å². The van der Waals surface area contributed by atoms with Gasteiger partial charge in [0.15, 0.2) is 0 Å². The molecular weight excluding hydrogens is 244 g/mol. The van der Waals surface area contributed by atoms with Crippen molar-refractivity contribution in [3.63, 3.8) is 0 Å². The van der Waals surface area contributed by atoms with Gasteiger partial charge in [0, 0.05) is 39.0 Å². The molecule has 0 saturated carbocycles. The molecule has 108 valence electrons. The molecule has 0 atom stereocenters. The van der Waals surface area contributed by atoms with Crippen molar-refractivity contribution in [1.82, 2.24) is 14.9 Å². The van der Waals surface area contributed by atoms with Crippen LogP contribution in [0.4, 0.5) is 5.95 Å². The molecule has 0 unspecified atom stereocenters. The van der Waals surface area contributed by atoms with Gasteiger partial charge in [-0.05, 0) is 20.9 Å². The summed E-state index contributed by atoms with van der Waals surface area (Å²) in [4.78, 5) is 10.6. The maximum absolute atomic E-state index is 5.52. The highest BCUT2D eigenvalue weighted by Gasteiger charge is 2.02. The van der Waals surface area contributed by atoms with Gasteiger partial charge < -0.3 is 19.7 Å². The van der Waals surface area contributed by atoms with Crippen LogP contribution in [0, 0.1) is 0 Å². The summed E-state index contributed by atoms with van der Waals surface area (Å²) in [6.45, 7) is 7.29. The third-order valence-corrected chi connectivity index (χ3v) is 2.44. The maximum Gasteiger partial charge on any atom is 0.225 e. The maximum atomic E-state index is 5.52. The molecule has 0 aliphatic heterocycles. The minimum absolute atomic E-state index is 0.114. The predicted molar refractivity (Wildman–Crippen MR) is 75.7 cm³/mol. The largest absolute Gasteiger partial charge is 0.475 e. The van der Waals surface area contributed by atoms with Crippen LogP contribution in [0.3, 0.4) is 0 Å². The molecule has 0 spiro atoms. The monoisotopic (exact) mass is 268 g/mol. The van der Waals surface area contributed by atoms with Crippen molar-refractivity contribution in [3.8, 4) is 5.88 Å². The van der Waals surface area contributed by atoms with Crippen molar-refractivity contribution in [3.05, 3.63) is 12.3 Å². The van der Waals surface area contributed by atoms with Gasteiger partial charge in [-0.15, -0.1) is 0 Å². The lowest BCUT2D eigenvalue weighted by molar-refractivity contribution is 0.163. The molecule has 0 radical (unpaired) electrons. The lowest BCUT2D eigenvalue weighted by Crippen LogP contribution is -2.28. The SMILES string of the molecule is COCCN(C)CCNc1nccc(OC(C)C)n1. The Morgan fingerprint density at radius 1 is 1.37 bits per heavy atom. The van der Waals surface area contributed by atoms with Crippen LogP contribution in [0.25, 0.3) is 0 Å². The highest BCUT2D eigenvalue weighted by atomic mass is 16.5. The van der Waals surface area contributed by atoms with E-state index in [2.05, 4.69) is 27.2 Å².